The van der Waals surface area contributed by atoms with Gasteiger partial charge >= 0.3 is 5.97 Å². The fourth-order valence-corrected chi connectivity index (χ4v) is 2.99. The van der Waals surface area contributed by atoms with Crippen molar-refractivity contribution >= 4 is 11.8 Å². The number of unbranched alkanes of at least 4 members (excludes halogenated alkanes) is 4. The molecule has 0 spiro atoms. The molecule has 1 fully saturated rings. The van der Waals surface area contributed by atoms with E-state index in [1.54, 1.807) is 0 Å². The molecule has 0 aromatic heterocycles. The van der Waals surface area contributed by atoms with E-state index in [-0.39, 0.29) is 12.2 Å². The first-order valence-electron chi connectivity index (χ1n) is 9.12. The molecule has 0 amide bonds. The summed E-state index contributed by atoms with van der Waals surface area (Å²) in [7, 11) is 0. The number of aliphatic hydroxyl groups is 1. The number of ketones is 1. The first kappa shape index (κ1) is 19.9. The number of carboxylic acid groups (broad SMARTS) is 1. The van der Waals surface area contributed by atoms with Crippen LogP contribution in [0.5, 0.6) is 0 Å². The molecular formula is C19H32O4. The van der Waals surface area contributed by atoms with Crippen molar-refractivity contribution < 1.29 is 19.8 Å². The van der Waals surface area contributed by atoms with Crippen molar-refractivity contribution in [3.63, 3.8) is 0 Å². The molecular weight excluding hydrogens is 292 g/mol. The van der Waals surface area contributed by atoms with Crippen molar-refractivity contribution in [2.45, 2.75) is 83.7 Å². The number of carbonyl (C=O) groups excluding carboxylic acids is 1. The van der Waals surface area contributed by atoms with Crippen LogP contribution in [0.25, 0.3) is 0 Å². The standard InChI is InChI=1S/C19H32O4/c1-2-3-7-10-15-13-16(15)14-18(21)17(20)11-8-5-4-6-9-12-19(22)23/h3,7,15-17,20H,2,4-6,8-14H2,1H3,(H,22,23)/b7-3-/t15-,16-,17+/m0/s1. The zero-order valence-corrected chi connectivity index (χ0v) is 14.4. The van der Waals surface area contributed by atoms with Gasteiger partial charge in [0.1, 0.15) is 6.10 Å². The molecule has 0 aromatic carbocycles. The van der Waals surface area contributed by atoms with Crippen LogP contribution in [-0.4, -0.2) is 28.1 Å². The molecule has 1 aliphatic carbocycles. The fourth-order valence-electron chi connectivity index (χ4n) is 2.99. The second kappa shape index (κ2) is 11.4. The van der Waals surface area contributed by atoms with Crippen molar-refractivity contribution in [2.75, 3.05) is 0 Å². The molecule has 0 unspecified atom stereocenters. The lowest BCUT2D eigenvalue weighted by molar-refractivity contribution is -0.137. The number of rotatable bonds is 14. The summed E-state index contributed by atoms with van der Waals surface area (Å²) >= 11 is 0. The van der Waals surface area contributed by atoms with E-state index in [0.717, 1.165) is 44.9 Å². The van der Waals surface area contributed by atoms with Crippen LogP contribution < -0.4 is 0 Å². The molecule has 1 aliphatic rings. The maximum atomic E-state index is 12.0. The molecule has 2 N–H and O–H groups in total. The molecule has 132 valence electrons. The second-order valence-electron chi connectivity index (χ2n) is 6.76. The van der Waals surface area contributed by atoms with E-state index in [9.17, 15) is 14.7 Å². The van der Waals surface area contributed by atoms with Crippen molar-refractivity contribution in [3.8, 4) is 0 Å². The Bertz CT molecular complexity index is 389. The summed E-state index contributed by atoms with van der Waals surface area (Å²) in [5, 5.41) is 18.5. The molecule has 0 heterocycles. The van der Waals surface area contributed by atoms with Crippen LogP contribution in [-0.2, 0) is 9.59 Å². The highest BCUT2D eigenvalue weighted by Gasteiger charge is 2.38. The van der Waals surface area contributed by atoms with E-state index < -0.39 is 12.1 Å². The largest absolute Gasteiger partial charge is 0.481 e. The predicted octanol–water partition coefficient (Wildman–Crippen LogP) is 4.11. The highest BCUT2D eigenvalue weighted by molar-refractivity contribution is 5.83. The minimum atomic E-state index is -0.804. The quantitative estimate of drug-likeness (QED) is 0.372. The van der Waals surface area contributed by atoms with Gasteiger partial charge in [-0.1, -0.05) is 44.8 Å². The van der Waals surface area contributed by atoms with Gasteiger partial charge in [-0.05, 0) is 43.9 Å². The van der Waals surface area contributed by atoms with Crippen molar-refractivity contribution in [1.82, 2.24) is 0 Å². The Balaban J connectivity index is 2.00. The third kappa shape index (κ3) is 9.54. The normalized spacial score (nSPS) is 21.5. The molecule has 0 bridgehead atoms. The van der Waals surface area contributed by atoms with E-state index in [0.29, 0.717) is 31.1 Å². The molecule has 0 saturated heterocycles. The number of carbonyl (C=O) groups is 2. The number of allylic oxidation sites excluding steroid dienone is 2. The minimum Gasteiger partial charge on any atom is -0.481 e. The van der Waals surface area contributed by atoms with Crippen LogP contribution in [0.15, 0.2) is 12.2 Å². The van der Waals surface area contributed by atoms with E-state index in [1.807, 2.05) is 0 Å². The fraction of sp³-hybridized carbons (Fsp3) is 0.789. The summed E-state index contributed by atoms with van der Waals surface area (Å²) < 4.78 is 0. The van der Waals surface area contributed by atoms with Gasteiger partial charge in [0.2, 0.25) is 0 Å². The maximum Gasteiger partial charge on any atom is 0.303 e. The summed E-state index contributed by atoms with van der Waals surface area (Å²) in [6.45, 7) is 2.12. The molecule has 1 rings (SSSR count). The molecule has 0 aliphatic heterocycles. The smallest absolute Gasteiger partial charge is 0.303 e. The molecule has 0 radical (unpaired) electrons. The Morgan fingerprint density at radius 3 is 2.48 bits per heavy atom. The SMILES string of the molecule is CC/C=C\C[C@H]1C[C@H]1CC(=O)[C@H](O)CCCCCCCC(=O)O. The van der Waals surface area contributed by atoms with Crippen LogP contribution in [0.2, 0.25) is 0 Å². The highest BCUT2D eigenvalue weighted by Crippen LogP contribution is 2.44. The monoisotopic (exact) mass is 324 g/mol. The van der Waals surface area contributed by atoms with Gasteiger partial charge in [-0.25, -0.2) is 0 Å². The summed E-state index contributed by atoms with van der Waals surface area (Å²) in [4.78, 5) is 22.3. The van der Waals surface area contributed by atoms with Crippen molar-refractivity contribution in [3.05, 3.63) is 12.2 Å². The van der Waals surface area contributed by atoms with Crippen LogP contribution in [0, 0.1) is 11.8 Å². The van der Waals surface area contributed by atoms with Gasteiger partial charge in [0.05, 0.1) is 0 Å². The van der Waals surface area contributed by atoms with E-state index in [4.69, 9.17) is 5.11 Å². The average Bonchev–Trinajstić information content (AvgIpc) is 3.24. The lowest BCUT2D eigenvalue weighted by atomic mass is 10.0. The van der Waals surface area contributed by atoms with Gasteiger partial charge < -0.3 is 10.2 Å². The summed E-state index contributed by atoms with van der Waals surface area (Å²) in [5.74, 6) is 0.385. The van der Waals surface area contributed by atoms with Gasteiger partial charge in [0.25, 0.3) is 0 Å². The first-order chi connectivity index (χ1) is 11.0. The van der Waals surface area contributed by atoms with Gasteiger partial charge in [-0.3, -0.25) is 9.59 Å². The van der Waals surface area contributed by atoms with E-state index in [1.165, 1.54) is 0 Å². The highest BCUT2D eigenvalue weighted by atomic mass is 16.4. The Labute approximate surface area is 140 Å². The zero-order chi connectivity index (χ0) is 17.1. The zero-order valence-electron chi connectivity index (χ0n) is 14.4. The first-order valence-corrected chi connectivity index (χ1v) is 9.12. The third-order valence-corrected chi connectivity index (χ3v) is 4.61. The third-order valence-electron chi connectivity index (χ3n) is 4.61. The van der Waals surface area contributed by atoms with E-state index in [2.05, 4.69) is 19.1 Å². The van der Waals surface area contributed by atoms with Gasteiger partial charge in [0.15, 0.2) is 5.78 Å². The Morgan fingerprint density at radius 1 is 1.09 bits per heavy atom. The molecule has 4 heteroatoms. The Kier molecular flexibility index (Phi) is 9.85. The molecule has 0 aromatic rings. The number of carboxylic acids is 1. The van der Waals surface area contributed by atoms with Crippen LogP contribution in [0.4, 0.5) is 0 Å². The number of hydrogen-bond acceptors (Lipinski definition) is 3. The number of aliphatic hydroxyl groups excluding tert-OH is 1. The van der Waals surface area contributed by atoms with E-state index >= 15 is 0 Å². The minimum absolute atomic E-state index is 0.00264. The molecule has 4 nitrogen and oxygen atoms in total. The summed E-state index contributed by atoms with van der Waals surface area (Å²) in [6.07, 6.45) is 12.5. The van der Waals surface area contributed by atoms with Crippen LogP contribution in [0.1, 0.15) is 77.6 Å². The topological polar surface area (TPSA) is 74.6 Å². The van der Waals surface area contributed by atoms with Crippen molar-refractivity contribution in [2.24, 2.45) is 11.8 Å². The molecule has 23 heavy (non-hydrogen) atoms. The van der Waals surface area contributed by atoms with Crippen molar-refractivity contribution in [1.29, 1.82) is 0 Å². The van der Waals surface area contributed by atoms with Crippen LogP contribution in [0.3, 0.4) is 0 Å². The molecule has 1 saturated carbocycles. The molecule has 3 atom stereocenters. The number of aliphatic carboxylic acids is 1. The second-order valence-corrected chi connectivity index (χ2v) is 6.76. The lowest BCUT2D eigenvalue weighted by Crippen LogP contribution is -2.20. The number of hydrogen-bond donors (Lipinski definition) is 2. The summed E-state index contributed by atoms with van der Waals surface area (Å²) in [5.41, 5.74) is 0. The lowest BCUT2D eigenvalue weighted by Gasteiger charge is -2.09. The average molecular weight is 324 g/mol. The number of Topliss-reactive ketones (excluding diaryl/α,β-unsaturated/α-hetero) is 1. The predicted molar refractivity (Wildman–Crippen MR) is 91.2 cm³/mol. The van der Waals surface area contributed by atoms with Gasteiger partial charge in [0, 0.05) is 12.8 Å². The van der Waals surface area contributed by atoms with Gasteiger partial charge in [-0.2, -0.15) is 0 Å². The summed E-state index contributed by atoms with van der Waals surface area (Å²) in [6, 6.07) is 0. The maximum absolute atomic E-state index is 12.0. The Hall–Kier alpha value is -1.16. The van der Waals surface area contributed by atoms with Crippen LogP contribution >= 0.6 is 0 Å². The van der Waals surface area contributed by atoms with Gasteiger partial charge in [-0.15, -0.1) is 0 Å². The Morgan fingerprint density at radius 2 is 1.78 bits per heavy atom.